The molecule has 0 N–H and O–H groups in total. The van der Waals surface area contributed by atoms with E-state index in [1.54, 1.807) is 11.8 Å². The molecule has 1 heterocycles. The van der Waals surface area contributed by atoms with Crippen LogP contribution in [-0.4, -0.2) is 16.3 Å². The zero-order valence-corrected chi connectivity index (χ0v) is 10.4. The number of hydrogen-bond acceptors (Lipinski definition) is 2. The fourth-order valence-electron chi connectivity index (χ4n) is 2.08. The molecule has 0 saturated carbocycles. The molecule has 1 aromatic rings. The first-order valence-electron chi connectivity index (χ1n) is 5.62. The third kappa shape index (κ3) is 2.86. The van der Waals surface area contributed by atoms with E-state index in [9.17, 15) is 13.6 Å². The molecule has 92 valence electrons. The third-order valence-electron chi connectivity index (χ3n) is 3.10. The number of carbonyl (C=O) groups excluding carboxylic acids is 1. The molecule has 0 spiro atoms. The minimum Gasteiger partial charge on any atom is -0.298 e. The fourth-order valence-corrected chi connectivity index (χ4v) is 3.35. The van der Waals surface area contributed by atoms with E-state index in [0.717, 1.165) is 24.7 Å². The molecule has 1 aliphatic heterocycles. The first-order chi connectivity index (χ1) is 7.99. The Balaban J connectivity index is 2.12. The Kier molecular flexibility index (Phi) is 3.52. The fraction of sp³-hybridized carbons (Fsp3) is 0.462. The maximum atomic E-state index is 13.0. The van der Waals surface area contributed by atoms with Crippen LogP contribution in [0.15, 0.2) is 18.2 Å². The lowest BCUT2D eigenvalue weighted by molar-refractivity contribution is -0.120. The van der Waals surface area contributed by atoms with Gasteiger partial charge in [-0.25, -0.2) is 8.78 Å². The molecule has 1 aliphatic rings. The summed E-state index contributed by atoms with van der Waals surface area (Å²) in [4.78, 5) is 12.1. The van der Waals surface area contributed by atoms with E-state index in [-0.39, 0.29) is 17.0 Å². The maximum absolute atomic E-state index is 13.0. The smallest absolute Gasteiger partial charge is 0.152 e. The van der Waals surface area contributed by atoms with Crippen molar-refractivity contribution >= 4 is 17.5 Å². The zero-order valence-electron chi connectivity index (χ0n) is 9.63. The largest absolute Gasteiger partial charge is 0.298 e. The van der Waals surface area contributed by atoms with Crippen LogP contribution in [0.1, 0.15) is 25.3 Å². The van der Waals surface area contributed by atoms with Crippen LogP contribution in [0.2, 0.25) is 0 Å². The highest BCUT2D eigenvalue weighted by atomic mass is 32.2. The van der Waals surface area contributed by atoms with Gasteiger partial charge in [0, 0.05) is 12.5 Å². The third-order valence-corrected chi connectivity index (χ3v) is 4.66. The molecule has 1 saturated heterocycles. The molecule has 2 rings (SSSR count). The monoisotopic (exact) mass is 256 g/mol. The second-order valence-corrected chi connectivity index (χ2v) is 6.16. The number of thioether (sulfide) groups is 1. The Morgan fingerprint density at radius 3 is 2.53 bits per heavy atom. The lowest BCUT2D eigenvalue weighted by Crippen LogP contribution is -2.30. The van der Waals surface area contributed by atoms with Crippen LogP contribution < -0.4 is 0 Å². The minimum atomic E-state index is -0.628. The summed E-state index contributed by atoms with van der Waals surface area (Å²) in [7, 11) is 0. The van der Waals surface area contributed by atoms with E-state index in [4.69, 9.17) is 0 Å². The van der Waals surface area contributed by atoms with E-state index in [2.05, 4.69) is 0 Å². The van der Waals surface area contributed by atoms with E-state index >= 15 is 0 Å². The highest BCUT2D eigenvalue weighted by molar-refractivity contribution is 8.01. The van der Waals surface area contributed by atoms with Gasteiger partial charge in [0.25, 0.3) is 0 Å². The van der Waals surface area contributed by atoms with Crippen LogP contribution in [0, 0.1) is 11.6 Å². The maximum Gasteiger partial charge on any atom is 0.152 e. The normalized spacial score (nSPS) is 23.9. The molecule has 1 unspecified atom stereocenters. The van der Waals surface area contributed by atoms with Crippen molar-refractivity contribution in [1.82, 2.24) is 0 Å². The molecule has 1 fully saturated rings. The number of Topliss-reactive ketones (excluding diaryl/α,β-unsaturated/α-hetero) is 1. The Hall–Kier alpha value is -0.900. The van der Waals surface area contributed by atoms with Crippen LogP contribution in [0.5, 0.6) is 0 Å². The summed E-state index contributed by atoms with van der Waals surface area (Å²) in [6, 6.07) is 3.27. The van der Waals surface area contributed by atoms with Crippen LogP contribution >= 0.6 is 11.8 Å². The molecular formula is C13H14F2OS. The van der Waals surface area contributed by atoms with E-state index in [0.29, 0.717) is 5.56 Å². The first kappa shape index (κ1) is 12.6. The van der Waals surface area contributed by atoms with Crippen molar-refractivity contribution in [1.29, 1.82) is 0 Å². The van der Waals surface area contributed by atoms with Crippen molar-refractivity contribution in [3.05, 3.63) is 35.4 Å². The van der Waals surface area contributed by atoms with Gasteiger partial charge in [-0.2, -0.15) is 0 Å². The summed E-state index contributed by atoms with van der Waals surface area (Å²) in [6.45, 7) is 1.92. The predicted molar refractivity (Wildman–Crippen MR) is 65.2 cm³/mol. The minimum absolute atomic E-state index is 0.0602. The van der Waals surface area contributed by atoms with Gasteiger partial charge in [0.15, 0.2) is 5.78 Å². The number of benzene rings is 1. The molecule has 1 nitrogen and oxygen atoms in total. The molecule has 17 heavy (non-hydrogen) atoms. The number of hydrogen-bond donors (Lipinski definition) is 0. The molecule has 0 radical (unpaired) electrons. The number of halogens is 2. The second-order valence-electron chi connectivity index (χ2n) is 4.56. The van der Waals surface area contributed by atoms with Crippen molar-refractivity contribution in [2.24, 2.45) is 0 Å². The Labute approximate surface area is 104 Å². The topological polar surface area (TPSA) is 17.1 Å². The Morgan fingerprint density at radius 1 is 1.35 bits per heavy atom. The van der Waals surface area contributed by atoms with Crippen molar-refractivity contribution in [2.75, 3.05) is 5.75 Å². The highest BCUT2D eigenvalue weighted by Gasteiger charge is 2.36. The van der Waals surface area contributed by atoms with Gasteiger partial charge in [-0.05, 0) is 43.2 Å². The molecule has 1 atom stereocenters. The van der Waals surface area contributed by atoms with Crippen LogP contribution in [0.4, 0.5) is 8.78 Å². The van der Waals surface area contributed by atoms with Gasteiger partial charge < -0.3 is 0 Å². The predicted octanol–water partition coefficient (Wildman–Crippen LogP) is 3.36. The van der Waals surface area contributed by atoms with Gasteiger partial charge in [0.2, 0.25) is 0 Å². The van der Waals surface area contributed by atoms with Crippen molar-refractivity contribution in [3.63, 3.8) is 0 Å². The van der Waals surface area contributed by atoms with Gasteiger partial charge in [-0.3, -0.25) is 4.79 Å². The van der Waals surface area contributed by atoms with Gasteiger partial charge in [-0.1, -0.05) is 0 Å². The number of carbonyl (C=O) groups is 1. The van der Waals surface area contributed by atoms with Gasteiger partial charge in [-0.15, -0.1) is 11.8 Å². The van der Waals surface area contributed by atoms with Gasteiger partial charge in [0.05, 0.1) is 4.75 Å². The van der Waals surface area contributed by atoms with Crippen LogP contribution in [0.3, 0.4) is 0 Å². The average molecular weight is 256 g/mol. The molecular weight excluding hydrogens is 242 g/mol. The molecule has 0 bridgehead atoms. The first-order valence-corrected chi connectivity index (χ1v) is 6.60. The van der Waals surface area contributed by atoms with Crippen LogP contribution in [0.25, 0.3) is 0 Å². The molecule has 0 amide bonds. The number of ketones is 1. The summed E-state index contributed by atoms with van der Waals surface area (Å²) in [5, 5.41) is 0. The Bertz CT molecular complexity index is 419. The lowest BCUT2D eigenvalue weighted by Gasteiger charge is -2.20. The number of rotatable bonds is 3. The zero-order chi connectivity index (χ0) is 12.5. The quantitative estimate of drug-likeness (QED) is 0.825. The van der Waals surface area contributed by atoms with Gasteiger partial charge >= 0.3 is 0 Å². The summed E-state index contributed by atoms with van der Waals surface area (Å²) >= 11 is 1.64. The molecule has 0 aliphatic carbocycles. The summed E-state index contributed by atoms with van der Waals surface area (Å²) in [6.07, 6.45) is 2.00. The van der Waals surface area contributed by atoms with Crippen molar-refractivity contribution < 1.29 is 13.6 Å². The van der Waals surface area contributed by atoms with Crippen molar-refractivity contribution in [3.8, 4) is 0 Å². The molecule has 1 aromatic carbocycles. The van der Waals surface area contributed by atoms with Gasteiger partial charge in [0.1, 0.15) is 11.6 Å². The highest BCUT2D eigenvalue weighted by Crippen LogP contribution is 2.39. The van der Waals surface area contributed by atoms with Crippen molar-refractivity contribution in [2.45, 2.75) is 30.9 Å². The average Bonchev–Trinajstić information content (AvgIpc) is 2.64. The van der Waals surface area contributed by atoms with E-state index in [1.165, 1.54) is 12.1 Å². The Morgan fingerprint density at radius 2 is 2.00 bits per heavy atom. The molecule has 0 aromatic heterocycles. The summed E-state index contributed by atoms with van der Waals surface area (Å²) in [5.74, 6) is -0.209. The second kappa shape index (κ2) is 4.77. The lowest BCUT2D eigenvalue weighted by atomic mass is 9.95. The summed E-state index contributed by atoms with van der Waals surface area (Å²) in [5.41, 5.74) is 0.418. The van der Waals surface area contributed by atoms with Crippen LogP contribution in [-0.2, 0) is 11.2 Å². The van der Waals surface area contributed by atoms with E-state index < -0.39 is 11.6 Å². The standard InChI is InChI=1S/C13H14F2OS/c1-13(3-2-4-17-13)12(16)7-9-5-10(14)8-11(15)6-9/h5-6,8H,2-4,7H2,1H3. The van der Waals surface area contributed by atoms with E-state index in [1.807, 2.05) is 6.92 Å². The SMILES string of the molecule is CC1(C(=O)Cc2cc(F)cc(F)c2)CCCS1. The summed E-state index contributed by atoms with van der Waals surface area (Å²) < 4.78 is 25.6. The molecule has 4 heteroatoms.